The van der Waals surface area contributed by atoms with Crippen LogP contribution in [0.5, 0.6) is 0 Å². The molecule has 1 saturated heterocycles. The highest BCUT2D eigenvalue weighted by atomic mass is 35.5. The van der Waals surface area contributed by atoms with Crippen LogP contribution in [0.1, 0.15) is 11.7 Å². The van der Waals surface area contributed by atoms with Gasteiger partial charge in [0.2, 0.25) is 0 Å². The lowest BCUT2D eigenvalue weighted by atomic mass is 10.1. The molecule has 1 aromatic rings. The van der Waals surface area contributed by atoms with Crippen molar-refractivity contribution < 1.29 is 5.11 Å². The maximum absolute atomic E-state index is 10.2. The van der Waals surface area contributed by atoms with Crippen molar-refractivity contribution in [2.75, 3.05) is 39.8 Å². The maximum Gasteiger partial charge on any atom is 0.0931 e. The number of rotatable bonds is 3. The van der Waals surface area contributed by atoms with Gasteiger partial charge in [0.15, 0.2) is 0 Å². The standard InChI is InChI=1S/C13H18Cl2N2O/c1-16-4-6-17(7-5-16)9-13(18)11-8-10(14)2-3-12(11)15/h2-3,8,13,18H,4-7,9H2,1H3. The molecule has 1 fully saturated rings. The Morgan fingerprint density at radius 3 is 2.56 bits per heavy atom. The fourth-order valence-corrected chi connectivity index (χ4v) is 2.57. The van der Waals surface area contributed by atoms with E-state index in [2.05, 4.69) is 16.8 Å². The summed E-state index contributed by atoms with van der Waals surface area (Å²) < 4.78 is 0. The predicted octanol–water partition coefficient (Wildman–Crippen LogP) is 2.27. The van der Waals surface area contributed by atoms with Gasteiger partial charge in [-0.15, -0.1) is 0 Å². The molecule has 0 radical (unpaired) electrons. The minimum Gasteiger partial charge on any atom is -0.387 e. The quantitative estimate of drug-likeness (QED) is 0.924. The number of aliphatic hydroxyl groups is 1. The van der Waals surface area contributed by atoms with Crippen LogP contribution in [0.25, 0.3) is 0 Å². The fraction of sp³-hybridized carbons (Fsp3) is 0.538. The molecule has 0 aromatic heterocycles. The lowest BCUT2D eigenvalue weighted by molar-refractivity contribution is 0.0806. The van der Waals surface area contributed by atoms with Gasteiger partial charge in [-0.25, -0.2) is 0 Å². The number of β-amino-alcohol motifs (C(OH)–C–C–N with tert-alkyl or cyclic N) is 1. The molecule has 0 saturated carbocycles. The monoisotopic (exact) mass is 288 g/mol. The van der Waals surface area contributed by atoms with E-state index in [9.17, 15) is 5.11 Å². The maximum atomic E-state index is 10.2. The first kappa shape index (κ1) is 14.1. The highest BCUT2D eigenvalue weighted by molar-refractivity contribution is 6.33. The van der Waals surface area contributed by atoms with Crippen molar-refractivity contribution in [3.8, 4) is 0 Å². The molecule has 1 aromatic carbocycles. The molecule has 1 aliphatic heterocycles. The lowest BCUT2D eigenvalue weighted by Crippen LogP contribution is -2.45. The van der Waals surface area contributed by atoms with E-state index in [0.29, 0.717) is 22.2 Å². The number of benzene rings is 1. The average Bonchev–Trinajstić information content (AvgIpc) is 2.35. The summed E-state index contributed by atoms with van der Waals surface area (Å²) in [7, 11) is 2.11. The molecule has 18 heavy (non-hydrogen) atoms. The minimum atomic E-state index is -0.584. The Hall–Kier alpha value is -0.320. The predicted molar refractivity (Wildman–Crippen MR) is 75.4 cm³/mol. The van der Waals surface area contributed by atoms with Crippen LogP contribution in [0.15, 0.2) is 18.2 Å². The molecule has 0 amide bonds. The van der Waals surface area contributed by atoms with Gasteiger partial charge in [0.1, 0.15) is 0 Å². The third-order valence-electron chi connectivity index (χ3n) is 3.34. The molecule has 0 bridgehead atoms. The van der Waals surface area contributed by atoms with E-state index in [1.807, 2.05) is 0 Å². The first-order valence-electron chi connectivity index (χ1n) is 6.10. The van der Waals surface area contributed by atoms with E-state index in [-0.39, 0.29) is 0 Å². The summed E-state index contributed by atoms with van der Waals surface area (Å²) in [5.41, 5.74) is 0.711. The number of likely N-dealkylation sites (N-methyl/N-ethyl adjacent to an activating group) is 1. The zero-order valence-corrected chi connectivity index (χ0v) is 12.0. The number of aliphatic hydroxyl groups excluding tert-OH is 1. The minimum absolute atomic E-state index is 0.570. The van der Waals surface area contributed by atoms with Crippen LogP contribution in [-0.4, -0.2) is 54.7 Å². The van der Waals surface area contributed by atoms with E-state index in [1.54, 1.807) is 18.2 Å². The molecule has 1 heterocycles. The Morgan fingerprint density at radius 2 is 1.89 bits per heavy atom. The van der Waals surface area contributed by atoms with Gasteiger partial charge in [0.25, 0.3) is 0 Å². The molecule has 3 nitrogen and oxygen atoms in total. The van der Waals surface area contributed by atoms with Crippen LogP contribution in [0.2, 0.25) is 10.0 Å². The molecular formula is C13H18Cl2N2O. The number of hydrogen-bond donors (Lipinski definition) is 1. The van der Waals surface area contributed by atoms with Crippen molar-refractivity contribution in [2.24, 2.45) is 0 Å². The molecule has 5 heteroatoms. The van der Waals surface area contributed by atoms with Crippen molar-refractivity contribution in [3.63, 3.8) is 0 Å². The molecule has 100 valence electrons. The summed E-state index contributed by atoms with van der Waals surface area (Å²) in [6.07, 6.45) is -0.584. The smallest absolute Gasteiger partial charge is 0.0931 e. The Balaban J connectivity index is 1.98. The van der Waals surface area contributed by atoms with Crippen LogP contribution in [0.3, 0.4) is 0 Å². The van der Waals surface area contributed by atoms with Gasteiger partial charge in [0.05, 0.1) is 6.10 Å². The summed E-state index contributed by atoms with van der Waals surface area (Å²) in [6, 6.07) is 5.20. The zero-order valence-electron chi connectivity index (χ0n) is 10.4. The van der Waals surface area contributed by atoms with E-state index in [0.717, 1.165) is 26.2 Å². The summed E-state index contributed by atoms with van der Waals surface area (Å²) in [6.45, 7) is 4.64. The summed E-state index contributed by atoms with van der Waals surface area (Å²) >= 11 is 12.0. The molecular weight excluding hydrogens is 271 g/mol. The van der Waals surface area contributed by atoms with Crippen molar-refractivity contribution in [1.82, 2.24) is 9.80 Å². The summed E-state index contributed by atoms with van der Waals surface area (Å²) in [5.74, 6) is 0. The van der Waals surface area contributed by atoms with E-state index in [1.165, 1.54) is 0 Å². The Bertz CT molecular complexity index is 406. The van der Waals surface area contributed by atoms with Gasteiger partial charge in [-0.05, 0) is 25.2 Å². The average molecular weight is 289 g/mol. The second-order valence-corrected chi connectivity index (χ2v) is 5.63. The second kappa shape index (κ2) is 6.22. The van der Waals surface area contributed by atoms with Gasteiger partial charge in [-0.1, -0.05) is 23.2 Å². The lowest BCUT2D eigenvalue weighted by Gasteiger charge is -2.33. The SMILES string of the molecule is CN1CCN(CC(O)c2cc(Cl)ccc2Cl)CC1. The first-order chi connectivity index (χ1) is 8.56. The summed E-state index contributed by atoms with van der Waals surface area (Å²) in [4.78, 5) is 4.54. The molecule has 1 unspecified atom stereocenters. The summed E-state index contributed by atoms with van der Waals surface area (Å²) in [5, 5.41) is 11.4. The molecule has 1 atom stereocenters. The second-order valence-electron chi connectivity index (χ2n) is 4.79. The fourth-order valence-electron chi connectivity index (χ4n) is 2.14. The Labute approximate surface area is 118 Å². The van der Waals surface area contributed by atoms with E-state index >= 15 is 0 Å². The number of nitrogens with zero attached hydrogens (tertiary/aromatic N) is 2. The number of hydrogen-bond acceptors (Lipinski definition) is 3. The van der Waals surface area contributed by atoms with Crippen molar-refractivity contribution >= 4 is 23.2 Å². The van der Waals surface area contributed by atoms with Crippen molar-refractivity contribution in [3.05, 3.63) is 33.8 Å². The largest absolute Gasteiger partial charge is 0.387 e. The molecule has 1 aliphatic rings. The van der Waals surface area contributed by atoms with E-state index in [4.69, 9.17) is 23.2 Å². The number of halogens is 2. The van der Waals surface area contributed by atoms with Crippen LogP contribution in [-0.2, 0) is 0 Å². The molecule has 1 N–H and O–H groups in total. The first-order valence-corrected chi connectivity index (χ1v) is 6.86. The van der Waals surface area contributed by atoms with Crippen molar-refractivity contribution in [1.29, 1.82) is 0 Å². The molecule has 0 aliphatic carbocycles. The zero-order chi connectivity index (χ0) is 13.1. The van der Waals surface area contributed by atoms with E-state index < -0.39 is 6.10 Å². The van der Waals surface area contributed by atoms with Gasteiger partial charge >= 0.3 is 0 Å². The molecule has 2 rings (SSSR count). The topological polar surface area (TPSA) is 26.7 Å². The van der Waals surface area contributed by atoms with Gasteiger partial charge < -0.3 is 10.0 Å². The highest BCUT2D eigenvalue weighted by Crippen LogP contribution is 2.27. The third kappa shape index (κ3) is 3.59. The van der Waals surface area contributed by atoms with Gasteiger partial charge in [0, 0.05) is 48.3 Å². The molecule has 0 spiro atoms. The highest BCUT2D eigenvalue weighted by Gasteiger charge is 2.19. The Kier molecular flexibility index (Phi) is 4.87. The van der Waals surface area contributed by atoms with Gasteiger partial charge in [-0.3, -0.25) is 4.90 Å². The normalized spacial score (nSPS) is 20.0. The van der Waals surface area contributed by atoms with Crippen LogP contribution in [0, 0.1) is 0 Å². The van der Waals surface area contributed by atoms with Crippen LogP contribution >= 0.6 is 23.2 Å². The van der Waals surface area contributed by atoms with Crippen molar-refractivity contribution in [2.45, 2.75) is 6.10 Å². The van der Waals surface area contributed by atoms with Crippen LogP contribution in [0.4, 0.5) is 0 Å². The van der Waals surface area contributed by atoms with Gasteiger partial charge in [-0.2, -0.15) is 0 Å². The Morgan fingerprint density at radius 1 is 1.22 bits per heavy atom. The third-order valence-corrected chi connectivity index (χ3v) is 3.92. The van der Waals surface area contributed by atoms with Crippen LogP contribution < -0.4 is 0 Å². The number of piperazine rings is 1.